The van der Waals surface area contributed by atoms with Crippen LogP contribution < -0.4 is 10.5 Å². The van der Waals surface area contributed by atoms with E-state index in [0.717, 1.165) is 4.90 Å². The molecule has 0 saturated heterocycles. The highest BCUT2D eigenvalue weighted by molar-refractivity contribution is 7.98. The van der Waals surface area contributed by atoms with Crippen LogP contribution in [0.4, 0.5) is 11.5 Å². The molecule has 0 aliphatic carbocycles. The van der Waals surface area contributed by atoms with E-state index < -0.39 is 10.0 Å². The lowest BCUT2D eigenvalue weighted by Crippen LogP contribution is -2.13. The van der Waals surface area contributed by atoms with Gasteiger partial charge >= 0.3 is 0 Å². The number of nitrogen functional groups attached to an aromatic ring is 1. The molecule has 0 fully saturated rings. The summed E-state index contributed by atoms with van der Waals surface area (Å²) < 4.78 is 28.5. The largest absolute Gasteiger partial charge is 0.381 e. The lowest BCUT2D eigenvalue weighted by Gasteiger charge is -2.07. The normalized spacial score (nSPS) is 11.5. The Bertz CT molecular complexity index is 693. The van der Waals surface area contributed by atoms with Gasteiger partial charge in [0, 0.05) is 23.3 Å². The van der Waals surface area contributed by atoms with E-state index in [1.807, 2.05) is 25.3 Å². The van der Waals surface area contributed by atoms with Crippen molar-refractivity contribution >= 4 is 33.3 Å². The molecule has 3 N–H and O–H groups in total. The number of sulfonamides is 1. The highest BCUT2D eigenvalue weighted by atomic mass is 32.2. The zero-order valence-corrected chi connectivity index (χ0v) is 12.8. The second-order valence-electron chi connectivity index (χ2n) is 4.07. The Balaban J connectivity index is 2.27. The Kier molecular flexibility index (Phi) is 4.24. The first kappa shape index (κ1) is 14.7. The van der Waals surface area contributed by atoms with Crippen LogP contribution in [0.2, 0.25) is 0 Å². The number of hydrogen-bond donors (Lipinski definition) is 2. The predicted octanol–water partition coefficient (Wildman–Crippen LogP) is 2.01. The van der Waals surface area contributed by atoms with E-state index in [-0.39, 0.29) is 10.7 Å². The van der Waals surface area contributed by atoms with Crippen molar-refractivity contribution in [3.63, 3.8) is 0 Å². The fourth-order valence-corrected chi connectivity index (χ4v) is 3.20. The van der Waals surface area contributed by atoms with E-state index in [1.54, 1.807) is 23.9 Å². The van der Waals surface area contributed by atoms with Gasteiger partial charge in [-0.3, -0.25) is 9.40 Å². The van der Waals surface area contributed by atoms with Crippen LogP contribution in [0.1, 0.15) is 6.92 Å². The number of thioether (sulfide) groups is 1. The van der Waals surface area contributed by atoms with Gasteiger partial charge in [0.1, 0.15) is 4.90 Å². The van der Waals surface area contributed by atoms with Gasteiger partial charge in [0.05, 0.1) is 0 Å². The molecule has 108 valence electrons. The molecular weight excluding hydrogens is 296 g/mol. The van der Waals surface area contributed by atoms with E-state index in [1.165, 1.54) is 10.9 Å². The molecule has 0 bridgehead atoms. The van der Waals surface area contributed by atoms with Crippen molar-refractivity contribution in [3.05, 3.63) is 30.5 Å². The first-order valence-electron chi connectivity index (χ1n) is 5.96. The maximum atomic E-state index is 12.3. The molecule has 0 aliphatic heterocycles. The second kappa shape index (κ2) is 5.76. The molecule has 1 heterocycles. The van der Waals surface area contributed by atoms with Crippen LogP contribution >= 0.6 is 11.8 Å². The van der Waals surface area contributed by atoms with E-state index >= 15 is 0 Å². The molecule has 0 unspecified atom stereocenters. The zero-order valence-electron chi connectivity index (χ0n) is 11.2. The number of benzene rings is 1. The summed E-state index contributed by atoms with van der Waals surface area (Å²) in [5.74, 6) is 0.0000777. The van der Waals surface area contributed by atoms with E-state index in [2.05, 4.69) is 9.82 Å². The van der Waals surface area contributed by atoms with Crippen LogP contribution in [0, 0.1) is 0 Å². The fraction of sp³-hybridized carbons (Fsp3) is 0.250. The highest BCUT2D eigenvalue weighted by Gasteiger charge is 2.21. The standard InChI is InChI=1S/C12H16N4O2S2/c1-3-16-8-11(12(13)14-16)20(17,18)15-9-4-6-10(19-2)7-5-9/h4-8,15H,3H2,1-2H3,(H2,13,14). The summed E-state index contributed by atoms with van der Waals surface area (Å²) in [5, 5.41) is 3.94. The maximum absolute atomic E-state index is 12.3. The number of aromatic nitrogens is 2. The molecule has 0 amide bonds. The molecule has 0 saturated carbocycles. The summed E-state index contributed by atoms with van der Waals surface area (Å²) in [6, 6.07) is 7.12. The van der Waals surface area contributed by atoms with Crippen molar-refractivity contribution in [1.29, 1.82) is 0 Å². The van der Waals surface area contributed by atoms with Crippen LogP contribution in [0.15, 0.2) is 40.3 Å². The van der Waals surface area contributed by atoms with Gasteiger partial charge in [-0.25, -0.2) is 8.42 Å². The number of nitrogens with one attached hydrogen (secondary N) is 1. The molecule has 0 radical (unpaired) electrons. The van der Waals surface area contributed by atoms with Crippen LogP contribution in [-0.2, 0) is 16.6 Å². The summed E-state index contributed by atoms with van der Waals surface area (Å²) in [6.07, 6.45) is 3.38. The number of nitrogens with two attached hydrogens (primary N) is 1. The van der Waals surface area contributed by atoms with Crippen LogP contribution in [0.25, 0.3) is 0 Å². The van der Waals surface area contributed by atoms with Crippen molar-refractivity contribution in [1.82, 2.24) is 9.78 Å². The van der Waals surface area contributed by atoms with Gasteiger partial charge < -0.3 is 5.73 Å². The maximum Gasteiger partial charge on any atom is 0.267 e. The average molecular weight is 312 g/mol. The third-order valence-electron chi connectivity index (χ3n) is 2.71. The van der Waals surface area contributed by atoms with E-state index in [0.29, 0.717) is 12.2 Å². The summed E-state index contributed by atoms with van der Waals surface area (Å²) in [4.78, 5) is 1.06. The molecule has 0 spiro atoms. The summed E-state index contributed by atoms with van der Waals surface area (Å²) >= 11 is 1.59. The Morgan fingerprint density at radius 1 is 1.35 bits per heavy atom. The van der Waals surface area contributed by atoms with Crippen LogP contribution in [-0.4, -0.2) is 24.5 Å². The third-order valence-corrected chi connectivity index (χ3v) is 4.85. The van der Waals surface area contributed by atoms with Crippen molar-refractivity contribution in [2.24, 2.45) is 0 Å². The summed E-state index contributed by atoms with van der Waals surface area (Å²) in [6.45, 7) is 2.42. The molecule has 2 rings (SSSR count). The fourth-order valence-electron chi connectivity index (χ4n) is 1.66. The van der Waals surface area contributed by atoms with Gasteiger partial charge in [-0.2, -0.15) is 5.10 Å². The highest BCUT2D eigenvalue weighted by Crippen LogP contribution is 2.22. The van der Waals surface area contributed by atoms with Crippen LogP contribution in [0.3, 0.4) is 0 Å². The molecule has 8 heteroatoms. The minimum Gasteiger partial charge on any atom is -0.381 e. The lowest BCUT2D eigenvalue weighted by atomic mass is 10.3. The number of aryl methyl sites for hydroxylation is 1. The molecule has 0 atom stereocenters. The van der Waals surface area contributed by atoms with Gasteiger partial charge in [0.25, 0.3) is 10.0 Å². The van der Waals surface area contributed by atoms with Crippen molar-refractivity contribution in [3.8, 4) is 0 Å². The Morgan fingerprint density at radius 3 is 2.50 bits per heavy atom. The monoisotopic (exact) mass is 312 g/mol. The van der Waals surface area contributed by atoms with Gasteiger partial charge in [0.15, 0.2) is 5.82 Å². The van der Waals surface area contributed by atoms with Gasteiger partial charge in [-0.05, 0) is 37.4 Å². The minimum absolute atomic E-state index is 0.0000777. The van der Waals surface area contributed by atoms with Crippen molar-refractivity contribution < 1.29 is 8.42 Å². The van der Waals surface area contributed by atoms with E-state index in [9.17, 15) is 8.42 Å². The molecule has 1 aromatic carbocycles. The molecular formula is C12H16N4O2S2. The van der Waals surface area contributed by atoms with Gasteiger partial charge in [-0.1, -0.05) is 0 Å². The lowest BCUT2D eigenvalue weighted by molar-refractivity contribution is 0.600. The smallest absolute Gasteiger partial charge is 0.267 e. The first-order chi connectivity index (χ1) is 9.46. The Labute approximate surface area is 122 Å². The minimum atomic E-state index is -3.72. The summed E-state index contributed by atoms with van der Waals surface area (Å²) in [5.41, 5.74) is 6.14. The molecule has 1 aromatic heterocycles. The Morgan fingerprint density at radius 2 is 2.00 bits per heavy atom. The quantitative estimate of drug-likeness (QED) is 0.824. The van der Waals surface area contributed by atoms with Gasteiger partial charge in [0.2, 0.25) is 0 Å². The molecule has 0 aliphatic rings. The summed E-state index contributed by atoms with van der Waals surface area (Å²) in [7, 11) is -3.72. The molecule has 20 heavy (non-hydrogen) atoms. The third kappa shape index (κ3) is 3.07. The number of hydrogen-bond acceptors (Lipinski definition) is 5. The van der Waals surface area contributed by atoms with Crippen molar-refractivity contribution in [2.45, 2.75) is 23.3 Å². The second-order valence-corrected chi connectivity index (χ2v) is 6.60. The van der Waals surface area contributed by atoms with Crippen molar-refractivity contribution in [2.75, 3.05) is 16.7 Å². The van der Waals surface area contributed by atoms with Gasteiger partial charge in [-0.15, -0.1) is 11.8 Å². The topological polar surface area (TPSA) is 90.0 Å². The number of rotatable bonds is 5. The zero-order chi connectivity index (χ0) is 14.8. The molecule has 6 nitrogen and oxygen atoms in total. The SMILES string of the molecule is CCn1cc(S(=O)(=O)Nc2ccc(SC)cc2)c(N)n1. The number of nitrogens with zero attached hydrogens (tertiary/aromatic N) is 2. The average Bonchev–Trinajstić information content (AvgIpc) is 2.81. The van der Waals surface area contributed by atoms with E-state index in [4.69, 9.17) is 5.73 Å². The first-order valence-corrected chi connectivity index (χ1v) is 8.67. The molecule has 2 aromatic rings. The van der Waals surface area contributed by atoms with Crippen LogP contribution in [0.5, 0.6) is 0 Å². The number of anilines is 2. The predicted molar refractivity (Wildman–Crippen MR) is 81.3 cm³/mol. The Hall–Kier alpha value is -1.67.